The van der Waals surface area contributed by atoms with Gasteiger partial charge in [-0.25, -0.2) is 0 Å². The van der Waals surface area contributed by atoms with Crippen LogP contribution in [0.2, 0.25) is 0 Å². The minimum absolute atomic E-state index is 0.380. The van der Waals surface area contributed by atoms with Crippen molar-refractivity contribution in [2.45, 2.75) is 65.2 Å². The molecule has 0 aromatic heterocycles. The van der Waals surface area contributed by atoms with E-state index in [1.165, 1.54) is 37.7 Å². The molecule has 1 fully saturated rings. The molecule has 0 amide bonds. The predicted octanol–water partition coefficient (Wildman–Crippen LogP) is 5.76. The van der Waals surface area contributed by atoms with Gasteiger partial charge in [-0.1, -0.05) is 56.5 Å². The Morgan fingerprint density at radius 3 is 2.11 bits per heavy atom. The molecule has 0 atom stereocenters. The van der Waals surface area contributed by atoms with Crippen molar-refractivity contribution in [3.63, 3.8) is 0 Å². The molecule has 0 unspecified atom stereocenters. The molecule has 0 spiro atoms. The molecule has 1 saturated carbocycles. The molecule has 1 N–H and O–H groups in total. The van der Waals surface area contributed by atoms with Crippen molar-refractivity contribution in [3.8, 4) is 0 Å². The minimum atomic E-state index is 0.380. The van der Waals surface area contributed by atoms with Crippen molar-refractivity contribution in [1.82, 2.24) is 0 Å². The van der Waals surface area contributed by atoms with Crippen molar-refractivity contribution in [3.05, 3.63) is 47.2 Å². The van der Waals surface area contributed by atoms with E-state index in [-0.39, 0.29) is 0 Å². The van der Waals surface area contributed by atoms with E-state index in [1.807, 2.05) is 0 Å². The zero-order valence-electron chi connectivity index (χ0n) is 12.7. The minimum Gasteiger partial charge on any atom is -0.513 e. The number of rotatable bonds is 2. The van der Waals surface area contributed by atoms with E-state index < -0.39 is 0 Å². The van der Waals surface area contributed by atoms with Crippen molar-refractivity contribution in [2.24, 2.45) is 0 Å². The van der Waals surface area contributed by atoms with Gasteiger partial charge >= 0.3 is 0 Å². The standard InChI is InChI=1S/C14H20.C4H8O/c1-2-12-8-10-14(11-9-12)13-6-4-3-5-7-13;1-3-4(2)5/h8-11,13H,2-7H2,1H3;3,5H,1-2H3/b;4-3+. The molecule has 0 bridgehead atoms. The average molecular weight is 260 g/mol. The Kier molecular flexibility index (Phi) is 7.32. The summed E-state index contributed by atoms with van der Waals surface area (Å²) in [5.41, 5.74) is 3.03. The molecule has 1 aromatic rings. The number of hydrogen-bond acceptors (Lipinski definition) is 1. The van der Waals surface area contributed by atoms with Gasteiger partial charge in [-0.05, 0) is 50.2 Å². The molecule has 0 heterocycles. The van der Waals surface area contributed by atoms with Crippen LogP contribution in [0, 0.1) is 0 Å². The molecular formula is C18H28O. The Hall–Kier alpha value is -1.24. The van der Waals surface area contributed by atoms with Crippen molar-refractivity contribution >= 4 is 0 Å². The van der Waals surface area contributed by atoms with Crippen LogP contribution in [0.25, 0.3) is 0 Å². The molecule has 1 nitrogen and oxygen atoms in total. The zero-order chi connectivity index (χ0) is 14.1. The molecule has 106 valence electrons. The van der Waals surface area contributed by atoms with Gasteiger partial charge in [-0.2, -0.15) is 0 Å². The summed E-state index contributed by atoms with van der Waals surface area (Å²) in [6.07, 6.45) is 9.92. The normalized spacial score (nSPS) is 16.7. The lowest BCUT2D eigenvalue weighted by atomic mass is 9.84. The molecular weight excluding hydrogens is 232 g/mol. The van der Waals surface area contributed by atoms with Crippen LogP contribution in [0.3, 0.4) is 0 Å². The third-order valence-corrected chi connectivity index (χ3v) is 3.88. The van der Waals surface area contributed by atoms with Crippen molar-refractivity contribution in [2.75, 3.05) is 0 Å². The molecule has 1 heteroatoms. The number of aryl methyl sites for hydroxylation is 1. The number of benzene rings is 1. The van der Waals surface area contributed by atoms with Crippen LogP contribution < -0.4 is 0 Å². The molecule has 1 aromatic carbocycles. The summed E-state index contributed by atoms with van der Waals surface area (Å²) in [6, 6.07) is 9.28. The molecule has 0 aliphatic heterocycles. The average Bonchev–Trinajstić information content (AvgIpc) is 2.49. The number of hydrogen-bond donors (Lipinski definition) is 1. The molecule has 1 aliphatic rings. The smallest absolute Gasteiger partial charge is 0.0849 e. The van der Waals surface area contributed by atoms with Crippen LogP contribution in [0.5, 0.6) is 0 Å². The van der Waals surface area contributed by atoms with Crippen LogP contribution in [-0.2, 0) is 6.42 Å². The molecule has 0 radical (unpaired) electrons. The van der Waals surface area contributed by atoms with E-state index >= 15 is 0 Å². The fourth-order valence-corrected chi connectivity index (χ4v) is 2.46. The third-order valence-electron chi connectivity index (χ3n) is 3.88. The second kappa shape index (κ2) is 8.79. The van der Waals surface area contributed by atoms with E-state index in [4.69, 9.17) is 5.11 Å². The molecule has 0 saturated heterocycles. The van der Waals surface area contributed by atoms with Gasteiger partial charge in [0.05, 0.1) is 5.76 Å². The fraction of sp³-hybridized carbons (Fsp3) is 0.556. The zero-order valence-corrected chi connectivity index (χ0v) is 12.7. The first-order valence-electron chi connectivity index (χ1n) is 7.58. The fourth-order valence-electron chi connectivity index (χ4n) is 2.46. The first-order chi connectivity index (χ1) is 9.17. The summed E-state index contributed by atoms with van der Waals surface area (Å²) in [5, 5.41) is 8.22. The Morgan fingerprint density at radius 1 is 1.16 bits per heavy atom. The summed E-state index contributed by atoms with van der Waals surface area (Å²) >= 11 is 0. The summed E-state index contributed by atoms with van der Waals surface area (Å²) in [6.45, 7) is 5.64. The maximum atomic E-state index is 8.22. The molecule has 19 heavy (non-hydrogen) atoms. The van der Waals surface area contributed by atoms with E-state index in [0.717, 1.165) is 12.3 Å². The van der Waals surface area contributed by atoms with Crippen LogP contribution in [-0.4, -0.2) is 5.11 Å². The highest BCUT2D eigenvalue weighted by molar-refractivity contribution is 5.25. The summed E-state index contributed by atoms with van der Waals surface area (Å²) in [7, 11) is 0. The highest BCUT2D eigenvalue weighted by Crippen LogP contribution is 2.32. The first-order valence-corrected chi connectivity index (χ1v) is 7.58. The van der Waals surface area contributed by atoms with Gasteiger partial charge in [0, 0.05) is 0 Å². The quantitative estimate of drug-likeness (QED) is 0.670. The number of aliphatic hydroxyl groups is 1. The number of allylic oxidation sites excluding steroid dienone is 2. The molecule has 1 aliphatic carbocycles. The van der Waals surface area contributed by atoms with Crippen molar-refractivity contribution in [1.29, 1.82) is 0 Å². The van der Waals surface area contributed by atoms with E-state index in [0.29, 0.717) is 5.76 Å². The van der Waals surface area contributed by atoms with Gasteiger partial charge in [0.15, 0.2) is 0 Å². The van der Waals surface area contributed by atoms with Gasteiger partial charge in [-0.15, -0.1) is 0 Å². The maximum absolute atomic E-state index is 8.22. The SMILES string of the molecule is C/C=C(\C)O.CCc1ccc(C2CCCCC2)cc1. The Labute approximate surface area is 118 Å². The highest BCUT2D eigenvalue weighted by atomic mass is 16.3. The Bertz CT molecular complexity index is 365. The van der Waals surface area contributed by atoms with Crippen LogP contribution >= 0.6 is 0 Å². The lowest BCUT2D eigenvalue weighted by molar-refractivity contribution is 0.413. The predicted molar refractivity (Wildman–Crippen MR) is 83.7 cm³/mol. The van der Waals surface area contributed by atoms with Crippen LogP contribution in [0.1, 0.15) is 69.9 Å². The monoisotopic (exact) mass is 260 g/mol. The Balaban J connectivity index is 0.000000312. The van der Waals surface area contributed by atoms with E-state index in [2.05, 4.69) is 31.2 Å². The summed E-state index contributed by atoms with van der Waals surface area (Å²) in [5.74, 6) is 1.24. The largest absolute Gasteiger partial charge is 0.513 e. The van der Waals surface area contributed by atoms with Gasteiger partial charge in [0.25, 0.3) is 0 Å². The van der Waals surface area contributed by atoms with Crippen LogP contribution in [0.15, 0.2) is 36.1 Å². The summed E-state index contributed by atoms with van der Waals surface area (Å²) < 4.78 is 0. The van der Waals surface area contributed by atoms with Gasteiger partial charge in [0.2, 0.25) is 0 Å². The maximum Gasteiger partial charge on any atom is 0.0849 e. The highest BCUT2D eigenvalue weighted by Gasteiger charge is 2.14. The Morgan fingerprint density at radius 2 is 1.68 bits per heavy atom. The van der Waals surface area contributed by atoms with Crippen molar-refractivity contribution < 1.29 is 5.11 Å². The number of aliphatic hydroxyl groups excluding tert-OH is 1. The van der Waals surface area contributed by atoms with Gasteiger partial charge in [0.1, 0.15) is 0 Å². The lowest BCUT2D eigenvalue weighted by Crippen LogP contribution is -2.04. The van der Waals surface area contributed by atoms with Crippen LogP contribution in [0.4, 0.5) is 0 Å². The molecule has 2 rings (SSSR count). The topological polar surface area (TPSA) is 20.2 Å². The second-order valence-corrected chi connectivity index (χ2v) is 5.36. The lowest BCUT2D eigenvalue weighted by Gasteiger charge is -2.22. The van der Waals surface area contributed by atoms with Gasteiger partial charge < -0.3 is 5.11 Å². The second-order valence-electron chi connectivity index (χ2n) is 5.36. The summed E-state index contributed by atoms with van der Waals surface area (Å²) in [4.78, 5) is 0. The van der Waals surface area contributed by atoms with E-state index in [9.17, 15) is 0 Å². The first kappa shape index (κ1) is 15.8. The third kappa shape index (κ3) is 5.96. The van der Waals surface area contributed by atoms with Gasteiger partial charge in [-0.3, -0.25) is 0 Å². The van der Waals surface area contributed by atoms with E-state index in [1.54, 1.807) is 25.5 Å².